The normalized spacial score (nSPS) is 24.9. The first-order valence-electron chi connectivity index (χ1n) is 5.91. The molecule has 2 heterocycles. The molecule has 0 aromatic carbocycles. The Bertz CT molecular complexity index is 481. The Hall–Kier alpha value is -0.880. The highest BCUT2D eigenvalue weighted by Gasteiger charge is 2.29. The average Bonchev–Trinajstić information content (AvgIpc) is 2.84. The topological polar surface area (TPSA) is 64.0 Å². The molecular weight excluding hydrogens is 238 g/mol. The van der Waals surface area contributed by atoms with Crippen LogP contribution in [0.1, 0.15) is 30.9 Å². The first kappa shape index (κ1) is 12.6. The van der Waals surface area contributed by atoms with Crippen LogP contribution in [0, 0.1) is 0 Å². The summed E-state index contributed by atoms with van der Waals surface area (Å²) in [5.74, 6) is 0.916. The highest BCUT2D eigenvalue weighted by atomic mass is 32.2. The summed E-state index contributed by atoms with van der Waals surface area (Å²) in [6.45, 7) is 3.03. The zero-order chi connectivity index (χ0) is 12.5. The first-order valence-corrected chi connectivity index (χ1v) is 7.73. The van der Waals surface area contributed by atoms with Crippen molar-refractivity contribution >= 4 is 9.84 Å². The summed E-state index contributed by atoms with van der Waals surface area (Å²) in [6, 6.07) is 0.0236. The maximum atomic E-state index is 11.4. The molecule has 1 aromatic rings. The average molecular weight is 257 g/mol. The number of hydrogen-bond donors (Lipinski definition) is 1. The van der Waals surface area contributed by atoms with Crippen molar-refractivity contribution < 1.29 is 8.42 Å². The summed E-state index contributed by atoms with van der Waals surface area (Å²) in [6.07, 6.45) is 4.50. The fraction of sp³-hybridized carbons (Fsp3) is 0.727. The molecule has 5 nitrogen and oxygen atoms in total. The number of sulfone groups is 1. The minimum Gasteiger partial charge on any atom is -0.319 e. The van der Waals surface area contributed by atoms with Gasteiger partial charge in [-0.25, -0.2) is 8.42 Å². The molecule has 1 N–H and O–H groups in total. The van der Waals surface area contributed by atoms with Crippen molar-refractivity contribution in [3.8, 4) is 0 Å². The Morgan fingerprint density at radius 1 is 1.65 bits per heavy atom. The van der Waals surface area contributed by atoms with Gasteiger partial charge in [0.2, 0.25) is 0 Å². The third-order valence-electron chi connectivity index (χ3n) is 3.28. The van der Waals surface area contributed by atoms with Crippen LogP contribution in [0.4, 0.5) is 0 Å². The molecule has 1 saturated heterocycles. The number of nitrogens with one attached hydrogen (secondary N) is 1. The van der Waals surface area contributed by atoms with Crippen LogP contribution in [-0.2, 0) is 9.84 Å². The minimum atomic E-state index is -2.84. The molecule has 2 atom stereocenters. The number of nitrogens with zero attached hydrogens (tertiary/aromatic N) is 2. The molecule has 6 heteroatoms. The molecule has 1 fully saturated rings. The van der Waals surface area contributed by atoms with E-state index in [1.807, 2.05) is 24.1 Å². The van der Waals surface area contributed by atoms with Crippen molar-refractivity contribution in [3.63, 3.8) is 0 Å². The predicted octanol–water partition coefficient (Wildman–Crippen LogP) is 0.566. The van der Waals surface area contributed by atoms with Crippen LogP contribution in [0.5, 0.6) is 0 Å². The summed E-state index contributed by atoms with van der Waals surface area (Å²) < 4.78 is 24.6. The molecule has 2 rings (SSSR count). The van der Waals surface area contributed by atoms with E-state index >= 15 is 0 Å². The van der Waals surface area contributed by atoms with E-state index in [-0.39, 0.29) is 11.8 Å². The van der Waals surface area contributed by atoms with Crippen LogP contribution in [0.2, 0.25) is 0 Å². The van der Waals surface area contributed by atoms with Gasteiger partial charge >= 0.3 is 0 Å². The third kappa shape index (κ3) is 2.87. The Morgan fingerprint density at radius 3 is 3.00 bits per heavy atom. The lowest BCUT2D eigenvalue weighted by atomic mass is 10.1. The molecule has 0 saturated carbocycles. The Kier molecular flexibility index (Phi) is 3.53. The van der Waals surface area contributed by atoms with Crippen molar-refractivity contribution in [3.05, 3.63) is 18.0 Å². The van der Waals surface area contributed by atoms with Crippen molar-refractivity contribution in [2.75, 3.05) is 25.1 Å². The molecular formula is C11H19N3O2S. The molecule has 0 aliphatic carbocycles. The second-order valence-corrected chi connectivity index (χ2v) is 7.00. The lowest BCUT2D eigenvalue weighted by Crippen LogP contribution is -2.14. The van der Waals surface area contributed by atoms with Gasteiger partial charge in [0.25, 0.3) is 0 Å². The van der Waals surface area contributed by atoms with Gasteiger partial charge in [0.15, 0.2) is 9.84 Å². The Labute approximate surface area is 102 Å². The van der Waals surface area contributed by atoms with Gasteiger partial charge < -0.3 is 5.32 Å². The Morgan fingerprint density at radius 2 is 2.41 bits per heavy atom. The van der Waals surface area contributed by atoms with E-state index in [1.54, 1.807) is 0 Å². The second kappa shape index (κ2) is 4.78. The van der Waals surface area contributed by atoms with Gasteiger partial charge in [-0.1, -0.05) is 6.92 Å². The zero-order valence-electron chi connectivity index (χ0n) is 10.3. The lowest BCUT2D eigenvalue weighted by Gasteiger charge is -2.09. The lowest BCUT2D eigenvalue weighted by molar-refractivity contribution is 0.498. The number of likely N-dealkylation sites (N-methyl/N-ethyl adjacent to an activating group) is 1. The summed E-state index contributed by atoms with van der Waals surface area (Å²) >= 11 is 0. The van der Waals surface area contributed by atoms with Crippen LogP contribution < -0.4 is 5.32 Å². The van der Waals surface area contributed by atoms with Crippen LogP contribution >= 0.6 is 0 Å². The number of aromatic nitrogens is 2. The first-order chi connectivity index (χ1) is 8.02. The van der Waals surface area contributed by atoms with E-state index in [0.717, 1.165) is 12.1 Å². The molecule has 1 aliphatic rings. The van der Waals surface area contributed by atoms with E-state index < -0.39 is 9.84 Å². The minimum absolute atomic E-state index is 0.0236. The predicted molar refractivity (Wildman–Crippen MR) is 66.9 cm³/mol. The fourth-order valence-corrected chi connectivity index (χ4v) is 3.92. The largest absolute Gasteiger partial charge is 0.319 e. The molecule has 96 valence electrons. The van der Waals surface area contributed by atoms with Gasteiger partial charge in [0.05, 0.1) is 23.7 Å². The molecule has 0 amide bonds. The molecule has 1 aromatic heterocycles. The van der Waals surface area contributed by atoms with E-state index in [1.165, 1.54) is 0 Å². The maximum absolute atomic E-state index is 11.4. The SMILES string of the molecule is CNCC(C)c1cnn(C2CCS(=O)(=O)C2)c1. The maximum Gasteiger partial charge on any atom is 0.152 e. The number of hydrogen-bond acceptors (Lipinski definition) is 4. The third-order valence-corrected chi connectivity index (χ3v) is 5.03. The van der Waals surface area contributed by atoms with Crippen LogP contribution in [-0.4, -0.2) is 43.3 Å². The van der Waals surface area contributed by atoms with Gasteiger partial charge in [0, 0.05) is 12.7 Å². The molecule has 0 bridgehead atoms. The van der Waals surface area contributed by atoms with Crippen molar-refractivity contribution in [2.45, 2.75) is 25.3 Å². The van der Waals surface area contributed by atoms with Crippen LogP contribution in [0.15, 0.2) is 12.4 Å². The quantitative estimate of drug-likeness (QED) is 0.856. The standard InChI is InChI=1S/C11H19N3O2S/c1-9(5-12-2)10-6-13-14(7-10)11-3-4-17(15,16)8-11/h6-7,9,11-12H,3-5,8H2,1-2H3. The Balaban J connectivity index is 2.09. The molecule has 0 spiro atoms. The summed E-state index contributed by atoms with van der Waals surface area (Å²) in [7, 11) is -0.917. The smallest absolute Gasteiger partial charge is 0.152 e. The fourth-order valence-electron chi connectivity index (χ4n) is 2.21. The van der Waals surface area contributed by atoms with Gasteiger partial charge in [-0.3, -0.25) is 4.68 Å². The van der Waals surface area contributed by atoms with Crippen LogP contribution in [0.3, 0.4) is 0 Å². The molecule has 2 unspecified atom stereocenters. The van der Waals surface area contributed by atoms with Crippen molar-refractivity contribution in [2.24, 2.45) is 0 Å². The molecule has 1 aliphatic heterocycles. The van der Waals surface area contributed by atoms with Gasteiger partial charge in [-0.15, -0.1) is 0 Å². The highest BCUT2D eigenvalue weighted by molar-refractivity contribution is 7.91. The summed E-state index contributed by atoms with van der Waals surface area (Å²) in [5, 5.41) is 7.42. The van der Waals surface area contributed by atoms with Crippen molar-refractivity contribution in [1.29, 1.82) is 0 Å². The monoisotopic (exact) mass is 257 g/mol. The van der Waals surface area contributed by atoms with E-state index in [9.17, 15) is 8.42 Å². The zero-order valence-corrected chi connectivity index (χ0v) is 11.1. The summed E-state index contributed by atoms with van der Waals surface area (Å²) in [4.78, 5) is 0. The van der Waals surface area contributed by atoms with E-state index in [0.29, 0.717) is 18.1 Å². The van der Waals surface area contributed by atoms with E-state index in [2.05, 4.69) is 17.3 Å². The van der Waals surface area contributed by atoms with Crippen LogP contribution in [0.25, 0.3) is 0 Å². The van der Waals surface area contributed by atoms with Crippen molar-refractivity contribution in [1.82, 2.24) is 15.1 Å². The number of rotatable bonds is 4. The van der Waals surface area contributed by atoms with E-state index in [4.69, 9.17) is 0 Å². The summed E-state index contributed by atoms with van der Waals surface area (Å²) in [5.41, 5.74) is 1.16. The molecule has 17 heavy (non-hydrogen) atoms. The molecule has 0 radical (unpaired) electrons. The highest BCUT2D eigenvalue weighted by Crippen LogP contribution is 2.24. The van der Waals surface area contributed by atoms with Gasteiger partial charge in [-0.2, -0.15) is 5.10 Å². The second-order valence-electron chi connectivity index (χ2n) is 4.77. The van der Waals surface area contributed by atoms with Gasteiger partial charge in [-0.05, 0) is 24.9 Å². The van der Waals surface area contributed by atoms with Gasteiger partial charge in [0.1, 0.15) is 0 Å².